The van der Waals surface area contributed by atoms with Crippen molar-refractivity contribution in [3.05, 3.63) is 0 Å². The molecule has 20 heavy (non-hydrogen) atoms. The quantitative estimate of drug-likeness (QED) is 0.825. The van der Waals surface area contributed by atoms with Crippen LogP contribution in [0, 0.1) is 16.7 Å². The maximum absolute atomic E-state index is 6.60. The Kier molecular flexibility index (Phi) is 4.86. The molecule has 0 spiro atoms. The Bertz CT molecular complexity index is 323. The second-order valence-corrected chi connectivity index (χ2v) is 8.77. The highest BCUT2D eigenvalue weighted by molar-refractivity contribution is 4.98. The van der Waals surface area contributed by atoms with Gasteiger partial charge in [0, 0.05) is 6.04 Å². The smallest absolute Gasteiger partial charge is 0.0737 e. The van der Waals surface area contributed by atoms with E-state index in [2.05, 4.69) is 46.9 Å². The standard InChI is InChI=1S/C18H35NO/c1-7-19-16-15(8-9-18(16,5)6)20-14-10-13(2)11-17(3,4)12-14/h13-16,19H,7-12H2,1-6H3. The maximum Gasteiger partial charge on any atom is 0.0737 e. The first-order valence-corrected chi connectivity index (χ1v) is 8.62. The van der Waals surface area contributed by atoms with Gasteiger partial charge in [0.25, 0.3) is 0 Å². The van der Waals surface area contributed by atoms with E-state index in [0.717, 1.165) is 12.5 Å². The van der Waals surface area contributed by atoms with Crippen LogP contribution in [0.4, 0.5) is 0 Å². The van der Waals surface area contributed by atoms with Crippen molar-refractivity contribution in [3.63, 3.8) is 0 Å². The zero-order valence-corrected chi connectivity index (χ0v) is 14.5. The lowest BCUT2D eigenvalue weighted by Crippen LogP contribution is -2.47. The van der Waals surface area contributed by atoms with Crippen molar-refractivity contribution in [3.8, 4) is 0 Å². The molecule has 4 unspecified atom stereocenters. The maximum atomic E-state index is 6.60. The third-order valence-electron chi connectivity index (χ3n) is 5.42. The first-order chi connectivity index (χ1) is 9.23. The van der Waals surface area contributed by atoms with Crippen LogP contribution in [0.15, 0.2) is 0 Å². The van der Waals surface area contributed by atoms with Gasteiger partial charge >= 0.3 is 0 Å². The molecule has 0 aliphatic heterocycles. The zero-order chi connectivity index (χ0) is 15.0. The molecule has 2 aliphatic carbocycles. The van der Waals surface area contributed by atoms with E-state index in [-0.39, 0.29) is 0 Å². The van der Waals surface area contributed by atoms with Crippen molar-refractivity contribution in [1.29, 1.82) is 0 Å². The summed E-state index contributed by atoms with van der Waals surface area (Å²) in [6.45, 7) is 15.2. The molecule has 2 rings (SSSR count). The van der Waals surface area contributed by atoms with Gasteiger partial charge in [0.2, 0.25) is 0 Å². The predicted molar refractivity (Wildman–Crippen MR) is 85.9 cm³/mol. The minimum atomic E-state index is 0.372. The van der Waals surface area contributed by atoms with E-state index in [0.29, 0.717) is 29.1 Å². The molecule has 2 saturated carbocycles. The topological polar surface area (TPSA) is 21.3 Å². The lowest BCUT2D eigenvalue weighted by Gasteiger charge is -2.41. The van der Waals surface area contributed by atoms with Crippen molar-refractivity contribution < 1.29 is 4.74 Å². The van der Waals surface area contributed by atoms with Crippen LogP contribution < -0.4 is 5.32 Å². The molecule has 0 aromatic carbocycles. The van der Waals surface area contributed by atoms with Gasteiger partial charge < -0.3 is 10.1 Å². The SMILES string of the molecule is CCNC1C(OC2CC(C)CC(C)(C)C2)CCC1(C)C. The van der Waals surface area contributed by atoms with Gasteiger partial charge in [-0.05, 0) is 55.4 Å². The van der Waals surface area contributed by atoms with Gasteiger partial charge in [-0.25, -0.2) is 0 Å². The Morgan fingerprint density at radius 1 is 1.15 bits per heavy atom. The Labute approximate surface area is 126 Å². The van der Waals surface area contributed by atoms with Crippen molar-refractivity contribution in [1.82, 2.24) is 5.32 Å². The van der Waals surface area contributed by atoms with Crippen molar-refractivity contribution in [2.24, 2.45) is 16.7 Å². The molecule has 4 atom stereocenters. The summed E-state index contributed by atoms with van der Waals surface area (Å²) in [4.78, 5) is 0. The highest BCUT2D eigenvalue weighted by Crippen LogP contribution is 2.44. The second kappa shape index (κ2) is 5.96. The fourth-order valence-corrected chi connectivity index (χ4v) is 4.72. The molecule has 0 saturated heterocycles. The fourth-order valence-electron chi connectivity index (χ4n) is 4.72. The van der Waals surface area contributed by atoms with Gasteiger partial charge in [-0.1, -0.05) is 41.5 Å². The molecule has 0 aromatic rings. The van der Waals surface area contributed by atoms with Crippen LogP contribution in [0.25, 0.3) is 0 Å². The van der Waals surface area contributed by atoms with E-state index >= 15 is 0 Å². The minimum absolute atomic E-state index is 0.372. The summed E-state index contributed by atoms with van der Waals surface area (Å²) < 4.78 is 6.60. The molecule has 2 aliphatic rings. The number of nitrogens with one attached hydrogen (secondary N) is 1. The Morgan fingerprint density at radius 2 is 1.85 bits per heavy atom. The predicted octanol–water partition coefficient (Wildman–Crippen LogP) is 4.38. The molecule has 2 fully saturated rings. The summed E-state index contributed by atoms with van der Waals surface area (Å²) in [7, 11) is 0. The van der Waals surface area contributed by atoms with Crippen LogP contribution in [0.3, 0.4) is 0 Å². The van der Waals surface area contributed by atoms with Crippen molar-refractivity contribution in [2.75, 3.05) is 6.54 Å². The highest BCUT2D eigenvalue weighted by atomic mass is 16.5. The normalized spacial score (nSPS) is 39.9. The molecule has 0 radical (unpaired) electrons. The third kappa shape index (κ3) is 3.76. The Morgan fingerprint density at radius 3 is 2.45 bits per heavy atom. The molecule has 0 aromatic heterocycles. The monoisotopic (exact) mass is 281 g/mol. The molecule has 0 heterocycles. The largest absolute Gasteiger partial charge is 0.373 e. The van der Waals surface area contributed by atoms with E-state index < -0.39 is 0 Å². The van der Waals surface area contributed by atoms with E-state index in [1.807, 2.05) is 0 Å². The Balaban J connectivity index is 1.98. The van der Waals surface area contributed by atoms with Crippen LogP contribution in [-0.4, -0.2) is 24.8 Å². The summed E-state index contributed by atoms with van der Waals surface area (Å²) in [6.07, 6.45) is 7.20. The van der Waals surface area contributed by atoms with Crippen LogP contribution in [0.1, 0.15) is 73.6 Å². The molecular weight excluding hydrogens is 246 g/mol. The van der Waals surface area contributed by atoms with Crippen LogP contribution in [-0.2, 0) is 4.74 Å². The summed E-state index contributed by atoms with van der Waals surface area (Å²) >= 11 is 0. The molecule has 1 N–H and O–H groups in total. The average molecular weight is 281 g/mol. The molecule has 0 amide bonds. The molecular formula is C18H35NO. The van der Waals surface area contributed by atoms with Gasteiger partial charge in [-0.3, -0.25) is 0 Å². The molecule has 2 nitrogen and oxygen atoms in total. The van der Waals surface area contributed by atoms with E-state index in [4.69, 9.17) is 4.74 Å². The van der Waals surface area contributed by atoms with Crippen LogP contribution in [0.5, 0.6) is 0 Å². The van der Waals surface area contributed by atoms with Gasteiger partial charge in [-0.15, -0.1) is 0 Å². The molecule has 2 heteroatoms. The van der Waals surface area contributed by atoms with Gasteiger partial charge in [0.05, 0.1) is 12.2 Å². The number of hydrogen-bond donors (Lipinski definition) is 1. The number of hydrogen-bond acceptors (Lipinski definition) is 2. The summed E-state index contributed by atoms with van der Waals surface area (Å²) in [5.74, 6) is 0.802. The molecule has 0 bridgehead atoms. The second-order valence-electron chi connectivity index (χ2n) is 8.77. The van der Waals surface area contributed by atoms with Crippen molar-refractivity contribution in [2.45, 2.75) is 91.9 Å². The first kappa shape index (κ1) is 16.3. The van der Waals surface area contributed by atoms with E-state index in [1.54, 1.807) is 0 Å². The van der Waals surface area contributed by atoms with Crippen LogP contribution >= 0.6 is 0 Å². The summed E-state index contributed by atoms with van der Waals surface area (Å²) in [5.41, 5.74) is 0.820. The minimum Gasteiger partial charge on any atom is -0.373 e. The zero-order valence-electron chi connectivity index (χ0n) is 14.5. The van der Waals surface area contributed by atoms with E-state index in [1.165, 1.54) is 32.1 Å². The fraction of sp³-hybridized carbons (Fsp3) is 1.00. The lowest BCUT2D eigenvalue weighted by atomic mass is 9.71. The van der Waals surface area contributed by atoms with E-state index in [9.17, 15) is 0 Å². The first-order valence-electron chi connectivity index (χ1n) is 8.62. The lowest BCUT2D eigenvalue weighted by molar-refractivity contribution is -0.0756. The van der Waals surface area contributed by atoms with Gasteiger partial charge in [0.15, 0.2) is 0 Å². The Hall–Kier alpha value is -0.0800. The van der Waals surface area contributed by atoms with Crippen molar-refractivity contribution >= 4 is 0 Å². The van der Waals surface area contributed by atoms with Gasteiger partial charge in [0.1, 0.15) is 0 Å². The highest BCUT2D eigenvalue weighted by Gasteiger charge is 2.44. The number of ether oxygens (including phenoxy) is 1. The molecule has 118 valence electrons. The van der Waals surface area contributed by atoms with Gasteiger partial charge in [-0.2, -0.15) is 0 Å². The summed E-state index contributed by atoms with van der Waals surface area (Å²) in [5, 5.41) is 3.68. The average Bonchev–Trinajstić information content (AvgIpc) is 2.54. The summed E-state index contributed by atoms with van der Waals surface area (Å²) in [6, 6.07) is 0.521. The van der Waals surface area contributed by atoms with Crippen LogP contribution in [0.2, 0.25) is 0 Å². The number of likely N-dealkylation sites (N-methyl/N-ethyl adjacent to an activating group) is 1. The third-order valence-corrected chi connectivity index (χ3v) is 5.42. The number of rotatable bonds is 4.